The fourth-order valence-corrected chi connectivity index (χ4v) is 6.00. The monoisotopic (exact) mass is 528 g/mol. The smallest absolute Gasteiger partial charge is 0.255 e. The molecule has 206 valence electrons. The van der Waals surface area contributed by atoms with Gasteiger partial charge in [-0.2, -0.15) is 0 Å². The van der Waals surface area contributed by atoms with Crippen LogP contribution in [0.4, 0.5) is 0 Å². The minimum Gasteiger partial charge on any atom is -0.508 e. The van der Waals surface area contributed by atoms with Crippen LogP contribution in [0.25, 0.3) is 5.76 Å². The number of aliphatic hydroxyl groups excluding tert-OH is 2. The molecule has 0 spiro atoms. The molecule has 1 amide bonds. The van der Waals surface area contributed by atoms with Gasteiger partial charge in [0.15, 0.2) is 11.4 Å². The zero-order chi connectivity index (χ0) is 28.3. The number of primary amides is 1. The number of phenolic OH excluding ortho intramolecular Hbond substituents is 1. The van der Waals surface area contributed by atoms with E-state index >= 15 is 0 Å². The normalized spacial score (nSPS) is 25.3. The van der Waals surface area contributed by atoms with Gasteiger partial charge in [0.05, 0.1) is 12.7 Å². The van der Waals surface area contributed by atoms with Gasteiger partial charge in [0.1, 0.15) is 28.6 Å². The minimum absolute atomic E-state index is 0.0232. The summed E-state index contributed by atoms with van der Waals surface area (Å²) in [6.07, 6.45) is 0.873. The van der Waals surface area contributed by atoms with Gasteiger partial charge in [-0.15, -0.1) is 0 Å². The predicted molar refractivity (Wildman–Crippen MR) is 138 cm³/mol. The molecule has 0 radical (unpaired) electrons. The number of ketones is 2. The van der Waals surface area contributed by atoms with Crippen molar-refractivity contribution >= 4 is 23.2 Å². The van der Waals surface area contributed by atoms with E-state index in [1.165, 1.54) is 13.2 Å². The molecule has 3 atom stereocenters. The van der Waals surface area contributed by atoms with Gasteiger partial charge in [0, 0.05) is 35.6 Å². The molecule has 1 unspecified atom stereocenters. The van der Waals surface area contributed by atoms with Crippen molar-refractivity contribution < 1.29 is 39.5 Å². The first-order valence-corrected chi connectivity index (χ1v) is 12.7. The number of amides is 1. The molecular weight excluding hydrogens is 492 g/mol. The van der Waals surface area contributed by atoms with E-state index < -0.39 is 52.0 Å². The van der Waals surface area contributed by atoms with Crippen LogP contribution in [-0.4, -0.2) is 69.1 Å². The Morgan fingerprint density at radius 1 is 1.21 bits per heavy atom. The van der Waals surface area contributed by atoms with Crippen LogP contribution in [0, 0.1) is 17.3 Å². The van der Waals surface area contributed by atoms with Crippen molar-refractivity contribution in [2.75, 3.05) is 20.7 Å². The zero-order valence-electron chi connectivity index (χ0n) is 22.4. The number of fused-ring (bicyclic) bond motifs is 3. The summed E-state index contributed by atoms with van der Waals surface area (Å²) >= 11 is 0. The van der Waals surface area contributed by atoms with Crippen LogP contribution in [-0.2, 0) is 27.3 Å². The standard InChI is InChI=1S/C28H36N2O8/c1-27(2,3)6-7-30(4)12-14-10-17(31)20-16(23(14)38-5)9-13-8-15-11-18(32)21(26(29)36)25(35)28(15,37)24(34)19(13)22(20)33/h10,13,15,31,33,35,37H,6-9,11-12H2,1-5H3,(H2,29,36)/t13?,15-,28-/m0/s1. The van der Waals surface area contributed by atoms with Crippen molar-refractivity contribution in [1.29, 1.82) is 0 Å². The fourth-order valence-electron chi connectivity index (χ4n) is 6.00. The Bertz CT molecular complexity index is 1290. The molecule has 0 bridgehead atoms. The Hall–Kier alpha value is -3.37. The predicted octanol–water partition coefficient (Wildman–Crippen LogP) is 2.30. The molecule has 3 aliphatic carbocycles. The number of nitrogens with zero attached hydrogens (tertiary/aromatic N) is 1. The summed E-state index contributed by atoms with van der Waals surface area (Å²) in [5.41, 5.74) is 3.08. The highest BCUT2D eigenvalue weighted by atomic mass is 16.5. The lowest BCUT2D eigenvalue weighted by Gasteiger charge is -2.46. The van der Waals surface area contributed by atoms with Crippen LogP contribution in [0.1, 0.15) is 56.7 Å². The average Bonchev–Trinajstić information content (AvgIpc) is 2.79. The lowest BCUT2D eigenvalue weighted by Crippen LogP contribution is -2.58. The molecule has 0 heterocycles. The van der Waals surface area contributed by atoms with E-state index in [0.717, 1.165) is 18.5 Å². The summed E-state index contributed by atoms with van der Waals surface area (Å²) in [4.78, 5) is 40.0. The van der Waals surface area contributed by atoms with Crippen molar-refractivity contribution in [1.82, 2.24) is 4.90 Å². The summed E-state index contributed by atoms with van der Waals surface area (Å²) in [5.74, 6) is -6.02. The van der Waals surface area contributed by atoms with Gasteiger partial charge in [-0.25, -0.2) is 0 Å². The maximum atomic E-state index is 13.6. The Morgan fingerprint density at radius 3 is 2.45 bits per heavy atom. The number of ether oxygens (including phenoxy) is 1. The molecule has 38 heavy (non-hydrogen) atoms. The Morgan fingerprint density at radius 2 is 1.87 bits per heavy atom. The lowest BCUT2D eigenvalue weighted by atomic mass is 9.59. The fraction of sp³-hybridized carbons (Fsp3) is 0.536. The number of hydrogen-bond acceptors (Lipinski definition) is 9. The van der Waals surface area contributed by atoms with Crippen LogP contribution in [0.5, 0.6) is 11.5 Å². The van der Waals surface area contributed by atoms with E-state index in [-0.39, 0.29) is 41.6 Å². The number of methoxy groups -OCH3 is 1. The molecule has 6 N–H and O–H groups in total. The van der Waals surface area contributed by atoms with Gasteiger partial charge in [0.2, 0.25) is 5.78 Å². The second-order valence-corrected chi connectivity index (χ2v) is 11.9. The summed E-state index contributed by atoms with van der Waals surface area (Å²) in [6.45, 7) is 7.78. The van der Waals surface area contributed by atoms with E-state index in [2.05, 4.69) is 25.7 Å². The summed E-state index contributed by atoms with van der Waals surface area (Å²) in [5, 5.41) is 44.2. The number of benzene rings is 1. The second kappa shape index (κ2) is 9.43. The van der Waals surface area contributed by atoms with Crippen LogP contribution >= 0.6 is 0 Å². The molecular formula is C28H36N2O8. The molecule has 4 rings (SSSR count). The van der Waals surface area contributed by atoms with Gasteiger partial charge >= 0.3 is 0 Å². The molecule has 0 aliphatic heterocycles. The van der Waals surface area contributed by atoms with Crippen LogP contribution in [0.3, 0.4) is 0 Å². The molecule has 1 saturated carbocycles. The summed E-state index contributed by atoms with van der Waals surface area (Å²) < 4.78 is 5.74. The SMILES string of the molecule is COc1c(CN(C)CCC(C)(C)C)cc(O)c2c1CC1C[C@H]3CC(=O)C(C(N)=O)=C(O)[C@@]3(O)C(=O)C1=C2O. The molecule has 3 aliphatic rings. The molecule has 1 aromatic rings. The number of nitrogens with two attached hydrogens (primary N) is 1. The first kappa shape index (κ1) is 27.7. The number of aliphatic hydroxyl groups is 3. The highest BCUT2D eigenvalue weighted by Crippen LogP contribution is 2.53. The van der Waals surface area contributed by atoms with Crippen LogP contribution in [0.2, 0.25) is 0 Å². The van der Waals surface area contributed by atoms with E-state index in [1.54, 1.807) is 0 Å². The average molecular weight is 529 g/mol. The maximum Gasteiger partial charge on any atom is 0.255 e. The van der Waals surface area contributed by atoms with Crippen molar-refractivity contribution in [2.24, 2.45) is 23.0 Å². The highest BCUT2D eigenvalue weighted by molar-refractivity contribution is 6.22. The Balaban J connectivity index is 1.79. The quantitative estimate of drug-likeness (QED) is 0.348. The number of carbonyl (C=O) groups excluding carboxylic acids is 3. The van der Waals surface area contributed by atoms with Gasteiger partial charge in [0.25, 0.3) is 5.91 Å². The van der Waals surface area contributed by atoms with Crippen molar-refractivity contribution in [3.8, 4) is 11.5 Å². The second-order valence-electron chi connectivity index (χ2n) is 11.9. The Kier molecular flexibility index (Phi) is 6.86. The topological polar surface area (TPSA) is 171 Å². The van der Waals surface area contributed by atoms with Gasteiger partial charge in [-0.3, -0.25) is 14.4 Å². The highest BCUT2D eigenvalue weighted by Gasteiger charge is 2.60. The summed E-state index contributed by atoms with van der Waals surface area (Å²) in [7, 11) is 3.47. The van der Waals surface area contributed by atoms with E-state index in [1.807, 2.05) is 7.05 Å². The first-order valence-electron chi connectivity index (χ1n) is 12.7. The van der Waals surface area contributed by atoms with E-state index in [9.17, 15) is 34.8 Å². The number of rotatable bonds is 6. The van der Waals surface area contributed by atoms with Crippen LogP contribution in [0.15, 0.2) is 23.0 Å². The van der Waals surface area contributed by atoms with Crippen LogP contribution < -0.4 is 10.5 Å². The van der Waals surface area contributed by atoms with Gasteiger partial charge in [-0.1, -0.05) is 20.8 Å². The largest absolute Gasteiger partial charge is 0.508 e. The molecule has 0 aromatic heterocycles. The maximum absolute atomic E-state index is 13.6. The number of phenols is 1. The van der Waals surface area contributed by atoms with E-state index in [0.29, 0.717) is 17.9 Å². The zero-order valence-corrected chi connectivity index (χ0v) is 22.4. The molecule has 1 aromatic carbocycles. The number of aromatic hydroxyl groups is 1. The Labute approximate surface area is 221 Å². The third-order valence-electron chi connectivity index (χ3n) is 7.98. The minimum atomic E-state index is -2.58. The molecule has 0 saturated heterocycles. The number of carbonyl (C=O) groups is 3. The third-order valence-corrected chi connectivity index (χ3v) is 7.98. The molecule has 10 heteroatoms. The van der Waals surface area contributed by atoms with Crippen molar-refractivity contribution in [3.63, 3.8) is 0 Å². The lowest BCUT2D eigenvalue weighted by molar-refractivity contribution is -0.147. The third kappa shape index (κ3) is 4.35. The molecule has 10 nitrogen and oxygen atoms in total. The van der Waals surface area contributed by atoms with Gasteiger partial charge in [-0.05, 0) is 50.3 Å². The van der Waals surface area contributed by atoms with E-state index in [4.69, 9.17) is 10.5 Å². The molecule has 1 fully saturated rings. The number of hydrogen-bond donors (Lipinski definition) is 5. The first-order chi connectivity index (χ1) is 17.6. The van der Waals surface area contributed by atoms with Crippen molar-refractivity contribution in [2.45, 2.75) is 58.6 Å². The number of Topliss-reactive ketones (excluding diaryl/α,β-unsaturated/α-hetero) is 2. The summed E-state index contributed by atoms with van der Waals surface area (Å²) in [6, 6.07) is 1.50. The van der Waals surface area contributed by atoms with Crippen molar-refractivity contribution in [3.05, 3.63) is 39.7 Å². The van der Waals surface area contributed by atoms with Gasteiger partial charge < -0.3 is 35.8 Å².